The number of methoxy groups -OCH3 is 1. The van der Waals surface area contributed by atoms with Crippen LogP contribution in [0, 0.1) is 0 Å². The second-order valence-corrected chi connectivity index (χ2v) is 8.72. The molecule has 0 unspecified atom stereocenters. The van der Waals surface area contributed by atoms with Crippen LogP contribution in [0.3, 0.4) is 0 Å². The highest BCUT2D eigenvalue weighted by Gasteiger charge is 2.16. The van der Waals surface area contributed by atoms with Crippen molar-refractivity contribution in [2.75, 3.05) is 12.4 Å². The quantitative estimate of drug-likeness (QED) is 0.676. The Labute approximate surface area is 160 Å². The summed E-state index contributed by atoms with van der Waals surface area (Å²) in [5.74, 6) is 0.342. The van der Waals surface area contributed by atoms with Gasteiger partial charge < -0.3 is 10.1 Å². The number of hydrogen-bond acceptors (Lipinski definition) is 6. The Hall–Kier alpha value is -2.81. The summed E-state index contributed by atoms with van der Waals surface area (Å²) in [7, 11) is 1.57. The number of aromatic nitrogens is 4. The first-order chi connectivity index (χ1) is 12.7. The predicted octanol–water partition coefficient (Wildman–Crippen LogP) is 2.43. The number of ether oxygens (including phenoxy) is 1. The molecule has 1 N–H and O–H groups in total. The zero-order valence-corrected chi connectivity index (χ0v) is 16.4. The van der Waals surface area contributed by atoms with Gasteiger partial charge in [0.2, 0.25) is 5.91 Å². The largest absolute Gasteiger partial charge is 0.497 e. The summed E-state index contributed by atoms with van der Waals surface area (Å²) in [4.78, 5) is 24.8. The van der Waals surface area contributed by atoms with Crippen molar-refractivity contribution in [2.24, 2.45) is 0 Å². The number of fused-ring (bicyclic) bond motifs is 1. The van der Waals surface area contributed by atoms with Crippen LogP contribution >= 0.6 is 11.8 Å². The number of nitrogens with zero attached hydrogens (tertiary/aromatic N) is 4. The molecule has 142 valence electrons. The lowest BCUT2D eigenvalue weighted by Gasteiger charge is -2.16. The molecule has 0 radical (unpaired) electrons. The molecule has 2 aromatic heterocycles. The fraction of sp³-hybridized carbons (Fsp3) is 0.333. The Morgan fingerprint density at radius 2 is 1.85 bits per heavy atom. The van der Waals surface area contributed by atoms with Crippen molar-refractivity contribution in [3.63, 3.8) is 0 Å². The van der Waals surface area contributed by atoms with Crippen molar-refractivity contribution in [3.8, 4) is 5.75 Å². The van der Waals surface area contributed by atoms with Crippen LogP contribution in [0.1, 0.15) is 20.8 Å². The summed E-state index contributed by atoms with van der Waals surface area (Å²) in [6, 6.07) is 10.5. The molecule has 0 saturated carbocycles. The lowest BCUT2D eigenvalue weighted by molar-refractivity contribution is -0.117. The number of amides is 1. The summed E-state index contributed by atoms with van der Waals surface area (Å²) in [6.07, 6.45) is 0. The van der Waals surface area contributed by atoms with Gasteiger partial charge in [-0.15, -0.1) is 5.10 Å². The van der Waals surface area contributed by atoms with E-state index in [-0.39, 0.29) is 17.2 Å². The van der Waals surface area contributed by atoms with Gasteiger partial charge in [0, 0.05) is 10.4 Å². The normalized spacial score (nSPS) is 11.6. The van der Waals surface area contributed by atoms with Crippen molar-refractivity contribution in [2.45, 2.75) is 37.1 Å². The molecule has 9 heteroatoms. The molecule has 1 aromatic carbocycles. The van der Waals surface area contributed by atoms with Crippen molar-refractivity contribution in [1.29, 1.82) is 0 Å². The van der Waals surface area contributed by atoms with Crippen molar-refractivity contribution in [3.05, 3.63) is 46.9 Å². The molecular formula is C18H21N5O3S. The van der Waals surface area contributed by atoms with Gasteiger partial charge in [0.15, 0.2) is 5.65 Å². The Morgan fingerprint density at radius 1 is 1.15 bits per heavy atom. The molecule has 27 heavy (non-hydrogen) atoms. The van der Waals surface area contributed by atoms with Crippen LogP contribution in [0.5, 0.6) is 5.75 Å². The maximum absolute atomic E-state index is 12.5. The molecule has 3 aromatic rings. The molecule has 0 aliphatic rings. The molecule has 0 fully saturated rings. The van der Waals surface area contributed by atoms with Gasteiger partial charge in [-0.25, -0.2) is 9.48 Å². The van der Waals surface area contributed by atoms with Gasteiger partial charge in [-0.2, -0.15) is 9.61 Å². The average molecular weight is 387 g/mol. The number of nitrogens with one attached hydrogen (secondary N) is 1. The molecule has 1 amide bonds. The average Bonchev–Trinajstić information content (AvgIpc) is 2.90. The molecule has 0 bridgehead atoms. The highest BCUT2D eigenvalue weighted by Crippen LogP contribution is 2.29. The van der Waals surface area contributed by atoms with Gasteiger partial charge in [0.25, 0.3) is 0 Å². The summed E-state index contributed by atoms with van der Waals surface area (Å²) < 4.78 is 7.37. The first-order valence-electron chi connectivity index (χ1n) is 8.35. The minimum atomic E-state index is -0.453. The van der Waals surface area contributed by atoms with E-state index in [4.69, 9.17) is 4.74 Å². The molecule has 0 aliphatic heterocycles. The van der Waals surface area contributed by atoms with Crippen molar-refractivity contribution in [1.82, 2.24) is 19.4 Å². The Kier molecular flexibility index (Phi) is 5.22. The molecule has 3 rings (SSSR count). The topological polar surface area (TPSA) is 90.5 Å². The summed E-state index contributed by atoms with van der Waals surface area (Å²) >= 11 is 1.55. The summed E-state index contributed by atoms with van der Waals surface area (Å²) in [6.45, 7) is 6.01. The minimum Gasteiger partial charge on any atom is -0.497 e. The van der Waals surface area contributed by atoms with Gasteiger partial charge in [-0.1, -0.05) is 32.5 Å². The van der Waals surface area contributed by atoms with E-state index in [0.29, 0.717) is 17.1 Å². The standard InChI is InChI=1S/C18H21N5O3S/c1-18(2,3)27-16-10-9-14-20-22(17(25)23(14)21-16)11-15(24)19-12-5-7-13(26-4)8-6-12/h5-10H,11H2,1-4H3,(H,19,24). The van der Waals surface area contributed by atoms with E-state index >= 15 is 0 Å². The predicted molar refractivity (Wildman–Crippen MR) is 104 cm³/mol. The Morgan fingerprint density at radius 3 is 2.48 bits per heavy atom. The van der Waals surface area contributed by atoms with Crippen LogP contribution < -0.4 is 15.7 Å². The van der Waals surface area contributed by atoms with Gasteiger partial charge in [0.05, 0.1) is 7.11 Å². The molecule has 0 spiro atoms. The number of thioether (sulfide) groups is 1. The number of carbonyl (C=O) groups is 1. The molecular weight excluding hydrogens is 366 g/mol. The van der Waals surface area contributed by atoms with Gasteiger partial charge in [0.1, 0.15) is 17.3 Å². The number of benzene rings is 1. The maximum atomic E-state index is 12.5. The van der Waals surface area contributed by atoms with E-state index in [2.05, 4.69) is 36.3 Å². The highest BCUT2D eigenvalue weighted by molar-refractivity contribution is 8.00. The maximum Gasteiger partial charge on any atom is 0.367 e. The fourth-order valence-corrected chi connectivity index (χ4v) is 3.26. The van der Waals surface area contributed by atoms with Gasteiger partial charge in [-0.05, 0) is 36.4 Å². The van der Waals surface area contributed by atoms with Crippen LogP contribution in [0.4, 0.5) is 5.69 Å². The second-order valence-electron chi connectivity index (χ2n) is 6.87. The SMILES string of the molecule is COc1ccc(NC(=O)Cn2nc3ccc(SC(C)(C)C)nn3c2=O)cc1. The monoisotopic (exact) mass is 387 g/mol. The summed E-state index contributed by atoms with van der Waals surface area (Å²) in [5.41, 5.74) is 0.557. The molecule has 8 nitrogen and oxygen atoms in total. The number of rotatable bonds is 5. The fourth-order valence-electron chi connectivity index (χ4n) is 2.37. The number of hydrogen-bond donors (Lipinski definition) is 1. The molecule has 0 saturated heterocycles. The molecule has 0 aliphatic carbocycles. The lowest BCUT2D eigenvalue weighted by atomic mass is 10.3. The van der Waals surface area contributed by atoms with Crippen LogP contribution in [0.2, 0.25) is 0 Å². The van der Waals surface area contributed by atoms with Gasteiger partial charge in [-0.3, -0.25) is 4.79 Å². The van der Waals surface area contributed by atoms with Crippen LogP contribution in [0.15, 0.2) is 46.2 Å². The van der Waals surface area contributed by atoms with E-state index in [0.717, 1.165) is 9.71 Å². The summed E-state index contributed by atoms with van der Waals surface area (Å²) in [5, 5.41) is 12.0. The smallest absolute Gasteiger partial charge is 0.367 e. The number of anilines is 1. The lowest BCUT2D eigenvalue weighted by Crippen LogP contribution is -2.28. The molecule has 2 heterocycles. The van der Waals surface area contributed by atoms with Crippen molar-refractivity contribution >= 4 is 29.0 Å². The zero-order chi connectivity index (χ0) is 19.6. The third kappa shape index (κ3) is 4.68. The first-order valence-corrected chi connectivity index (χ1v) is 9.17. The van der Waals surface area contributed by atoms with Crippen molar-refractivity contribution < 1.29 is 9.53 Å². The van der Waals surface area contributed by atoms with Crippen LogP contribution in [-0.2, 0) is 11.3 Å². The Balaban J connectivity index is 1.76. The van der Waals surface area contributed by atoms with Crippen LogP contribution in [0.25, 0.3) is 5.65 Å². The van der Waals surface area contributed by atoms with Crippen LogP contribution in [-0.4, -0.2) is 37.2 Å². The first kappa shape index (κ1) is 19.0. The number of carbonyl (C=O) groups excluding carboxylic acids is 1. The zero-order valence-electron chi connectivity index (χ0n) is 15.6. The third-order valence-corrected chi connectivity index (χ3v) is 4.53. The van der Waals surface area contributed by atoms with E-state index in [1.165, 1.54) is 4.52 Å². The Bertz CT molecular complexity index is 1020. The second kappa shape index (κ2) is 7.43. The van der Waals surface area contributed by atoms with E-state index in [1.54, 1.807) is 49.2 Å². The molecule has 0 atom stereocenters. The van der Waals surface area contributed by atoms with E-state index in [9.17, 15) is 9.59 Å². The van der Waals surface area contributed by atoms with E-state index < -0.39 is 5.69 Å². The van der Waals surface area contributed by atoms with Gasteiger partial charge >= 0.3 is 5.69 Å². The highest BCUT2D eigenvalue weighted by atomic mass is 32.2. The minimum absolute atomic E-state index is 0.0292. The third-order valence-electron chi connectivity index (χ3n) is 3.49. The van der Waals surface area contributed by atoms with E-state index in [1.807, 2.05) is 6.07 Å².